The molecule has 0 fully saturated rings. The highest BCUT2D eigenvalue weighted by Crippen LogP contribution is 2.43. The van der Waals surface area contributed by atoms with Gasteiger partial charge in [-0.25, -0.2) is 4.57 Å². The van der Waals surface area contributed by atoms with Gasteiger partial charge in [-0.15, -0.1) is 0 Å². The Morgan fingerprint density at radius 1 is 0.413 bits per heavy atom. The van der Waals surface area contributed by atoms with Crippen molar-refractivity contribution in [3.8, 4) is 0 Å². The lowest BCUT2D eigenvalue weighted by Crippen LogP contribution is -2.29. The molecule has 0 aromatic carbocycles. The molecular weight excluding hydrogens is 954 g/mol. The number of nitrogens with two attached hydrogens (primary N) is 1. The summed E-state index contributed by atoms with van der Waals surface area (Å²) < 4.78 is 32.9. The van der Waals surface area contributed by atoms with Gasteiger partial charge in [0.25, 0.3) is 0 Å². The fraction of sp³-hybridized carbons (Fsp3) is 0.723. The van der Waals surface area contributed by atoms with Crippen molar-refractivity contribution in [1.29, 1.82) is 0 Å². The van der Waals surface area contributed by atoms with Gasteiger partial charge in [-0.3, -0.25) is 18.6 Å². The van der Waals surface area contributed by atoms with Crippen molar-refractivity contribution in [2.75, 3.05) is 26.4 Å². The van der Waals surface area contributed by atoms with Gasteiger partial charge in [-0.05, 0) is 89.9 Å². The maximum Gasteiger partial charge on any atom is 0.472 e. The Morgan fingerprint density at radius 2 is 0.747 bits per heavy atom. The lowest BCUT2D eigenvalue weighted by molar-refractivity contribution is -0.161. The SMILES string of the molecule is CC/C=C\C/C=C\C/C=C\C/C=C\C/C=C\CCCC(=O)OC(COC(=O)CCCCCCCCCCCCCCCCCCCCCCCC/C=C\C/C=C\C/C=C\CCCCCCC)COP(=O)(O)OCCN. The van der Waals surface area contributed by atoms with Crippen molar-refractivity contribution in [2.24, 2.45) is 5.73 Å². The van der Waals surface area contributed by atoms with Gasteiger partial charge in [-0.2, -0.15) is 0 Å². The summed E-state index contributed by atoms with van der Waals surface area (Å²) in [6.07, 6.45) is 80.8. The third-order valence-corrected chi connectivity index (χ3v) is 13.9. The smallest absolute Gasteiger partial charge is 0.462 e. The van der Waals surface area contributed by atoms with Gasteiger partial charge in [0.15, 0.2) is 6.10 Å². The number of esters is 2. The van der Waals surface area contributed by atoms with Gasteiger partial charge >= 0.3 is 19.8 Å². The zero-order valence-electron chi connectivity index (χ0n) is 48.3. The second-order valence-corrected chi connectivity index (χ2v) is 21.6. The van der Waals surface area contributed by atoms with Crippen molar-refractivity contribution in [1.82, 2.24) is 0 Å². The topological polar surface area (TPSA) is 134 Å². The van der Waals surface area contributed by atoms with E-state index in [1.807, 2.05) is 6.08 Å². The first-order valence-corrected chi connectivity index (χ1v) is 32.2. The van der Waals surface area contributed by atoms with Gasteiger partial charge in [-0.1, -0.05) is 265 Å². The second kappa shape index (κ2) is 60.2. The van der Waals surface area contributed by atoms with E-state index in [1.165, 1.54) is 167 Å². The number of carbonyl (C=O) groups is 2. The highest BCUT2D eigenvalue weighted by Gasteiger charge is 2.26. The molecule has 0 amide bonds. The molecule has 0 radical (unpaired) electrons. The summed E-state index contributed by atoms with van der Waals surface area (Å²) in [6, 6.07) is 0. The number of hydrogen-bond acceptors (Lipinski definition) is 8. The van der Waals surface area contributed by atoms with Crippen LogP contribution in [0.4, 0.5) is 0 Å². The van der Waals surface area contributed by atoms with E-state index in [4.69, 9.17) is 24.3 Å². The molecule has 432 valence electrons. The molecule has 2 unspecified atom stereocenters. The minimum atomic E-state index is -4.41. The van der Waals surface area contributed by atoms with E-state index < -0.39 is 32.5 Å². The number of rotatable bonds is 57. The number of unbranched alkanes of at least 4 members (excludes halogenated alkanes) is 28. The molecule has 0 aromatic rings. The van der Waals surface area contributed by atoms with Crippen LogP contribution in [0.15, 0.2) is 97.2 Å². The third kappa shape index (κ3) is 60.0. The van der Waals surface area contributed by atoms with Crippen LogP contribution in [-0.2, 0) is 32.7 Å². The maximum atomic E-state index is 12.6. The van der Waals surface area contributed by atoms with E-state index in [0.717, 1.165) is 64.2 Å². The Bertz CT molecular complexity index is 1550. The van der Waals surface area contributed by atoms with Crippen LogP contribution < -0.4 is 5.73 Å². The third-order valence-electron chi connectivity index (χ3n) is 13.0. The molecule has 0 aromatic heterocycles. The summed E-state index contributed by atoms with van der Waals surface area (Å²) in [5.74, 6) is -0.893. The monoisotopic (exact) mass is 1070 g/mol. The summed E-state index contributed by atoms with van der Waals surface area (Å²) in [7, 11) is -4.41. The van der Waals surface area contributed by atoms with Crippen LogP contribution in [0, 0.1) is 0 Å². The molecular formula is C65H114NO8P. The molecule has 3 N–H and O–H groups in total. The number of hydrogen-bond donors (Lipinski definition) is 2. The van der Waals surface area contributed by atoms with Crippen LogP contribution in [0.5, 0.6) is 0 Å². The fourth-order valence-corrected chi connectivity index (χ4v) is 9.21. The second-order valence-electron chi connectivity index (χ2n) is 20.2. The fourth-order valence-electron chi connectivity index (χ4n) is 8.45. The first-order valence-electron chi connectivity index (χ1n) is 30.7. The Balaban J connectivity index is 3.86. The minimum absolute atomic E-state index is 0.0412. The zero-order valence-corrected chi connectivity index (χ0v) is 49.2. The number of phosphoric acid groups is 1. The highest BCUT2D eigenvalue weighted by molar-refractivity contribution is 7.47. The lowest BCUT2D eigenvalue weighted by atomic mass is 10.0. The maximum absolute atomic E-state index is 12.6. The van der Waals surface area contributed by atoms with Crippen LogP contribution in [0.2, 0.25) is 0 Å². The number of carbonyl (C=O) groups excluding carboxylic acids is 2. The minimum Gasteiger partial charge on any atom is -0.462 e. The van der Waals surface area contributed by atoms with E-state index in [9.17, 15) is 19.0 Å². The van der Waals surface area contributed by atoms with Crippen molar-refractivity contribution < 1.29 is 37.6 Å². The molecule has 0 saturated heterocycles. The van der Waals surface area contributed by atoms with Gasteiger partial charge in [0, 0.05) is 19.4 Å². The molecule has 0 heterocycles. The highest BCUT2D eigenvalue weighted by atomic mass is 31.2. The number of allylic oxidation sites excluding steroid dienone is 16. The van der Waals surface area contributed by atoms with Crippen LogP contribution in [0.3, 0.4) is 0 Å². The largest absolute Gasteiger partial charge is 0.472 e. The molecule has 0 aliphatic heterocycles. The quantitative estimate of drug-likeness (QED) is 0.0264. The molecule has 0 aliphatic rings. The molecule has 9 nitrogen and oxygen atoms in total. The van der Waals surface area contributed by atoms with Crippen molar-refractivity contribution in [3.63, 3.8) is 0 Å². The van der Waals surface area contributed by atoms with Gasteiger partial charge < -0.3 is 20.1 Å². The lowest BCUT2D eigenvalue weighted by Gasteiger charge is -2.19. The van der Waals surface area contributed by atoms with Crippen LogP contribution in [-0.4, -0.2) is 49.3 Å². The normalized spacial score (nSPS) is 13.7. The Hall–Kier alpha value is -3.07. The Kier molecular flexibility index (Phi) is 57.7. The predicted molar refractivity (Wildman–Crippen MR) is 321 cm³/mol. The molecule has 0 saturated carbocycles. The Labute approximate surface area is 461 Å². The van der Waals surface area contributed by atoms with Crippen LogP contribution >= 0.6 is 7.82 Å². The zero-order chi connectivity index (χ0) is 54.5. The van der Waals surface area contributed by atoms with E-state index in [-0.39, 0.29) is 32.6 Å². The van der Waals surface area contributed by atoms with E-state index >= 15 is 0 Å². The Morgan fingerprint density at radius 3 is 1.13 bits per heavy atom. The summed E-state index contributed by atoms with van der Waals surface area (Å²) in [4.78, 5) is 35.1. The van der Waals surface area contributed by atoms with Crippen LogP contribution in [0.25, 0.3) is 0 Å². The van der Waals surface area contributed by atoms with Crippen molar-refractivity contribution in [2.45, 2.75) is 277 Å². The molecule has 0 spiro atoms. The summed E-state index contributed by atoms with van der Waals surface area (Å²) in [6.45, 7) is 3.56. The molecule has 75 heavy (non-hydrogen) atoms. The standard InChI is InChI=1S/C65H114NO8P/c1-3-5-7-9-11-13-15-17-19-21-22-23-24-25-26-27-28-29-30-31-32-33-34-35-36-37-38-39-40-42-43-45-47-49-51-53-55-57-64(67)71-61-63(62-73-75(69,70)72-60-59-66)74-65(68)58-56-54-52-50-48-46-44-41-20-18-16-14-12-10-8-6-4-2/h6,8,12,14-15,17-18,20-22,24-25,44,46,50,52,63H,3-5,7,9-11,13,16,19,23,26-43,45,47-49,51,53-62,66H2,1-2H3,(H,69,70)/b8-6-,14-12-,17-15-,20-18-,22-21-,25-24-,46-44-,52-50-. The summed E-state index contributed by atoms with van der Waals surface area (Å²) in [5.41, 5.74) is 5.37. The first-order chi connectivity index (χ1) is 36.8. The molecule has 2 atom stereocenters. The predicted octanol–water partition coefficient (Wildman–Crippen LogP) is 19.6. The van der Waals surface area contributed by atoms with Crippen molar-refractivity contribution >= 4 is 19.8 Å². The molecule has 0 rings (SSSR count). The van der Waals surface area contributed by atoms with E-state index in [2.05, 4.69) is 105 Å². The molecule has 10 heteroatoms. The van der Waals surface area contributed by atoms with Gasteiger partial charge in [0.2, 0.25) is 0 Å². The average molecular weight is 1070 g/mol. The van der Waals surface area contributed by atoms with Gasteiger partial charge in [0.1, 0.15) is 6.61 Å². The first kappa shape index (κ1) is 71.9. The molecule has 0 bridgehead atoms. The summed E-state index contributed by atoms with van der Waals surface area (Å²) >= 11 is 0. The van der Waals surface area contributed by atoms with Gasteiger partial charge in [0.05, 0.1) is 13.2 Å². The number of phosphoric ester groups is 1. The van der Waals surface area contributed by atoms with E-state index in [1.54, 1.807) is 0 Å². The molecule has 0 aliphatic carbocycles. The van der Waals surface area contributed by atoms with Crippen LogP contribution in [0.1, 0.15) is 271 Å². The van der Waals surface area contributed by atoms with E-state index in [0.29, 0.717) is 12.8 Å². The average Bonchev–Trinajstić information content (AvgIpc) is 3.40. The summed E-state index contributed by atoms with van der Waals surface area (Å²) in [5, 5.41) is 0. The number of ether oxygens (including phenoxy) is 2. The van der Waals surface area contributed by atoms with Crippen molar-refractivity contribution in [3.05, 3.63) is 97.2 Å².